The summed E-state index contributed by atoms with van der Waals surface area (Å²) in [4.78, 5) is 22.0. The second kappa shape index (κ2) is 17.4. The van der Waals surface area contributed by atoms with Gasteiger partial charge >= 0.3 is 0 Å². The van der Waals surface area contributed by atoms with Gasteiger partial charge in [-0.3, -0.25) is 9.78 Å². The second-order valence-corrected chi connectivity index (χ2v) is 16.4. The molecular weight excluding hydrogens is 750 g/mol. The number of aromatic nitrogens is 2. The smallest absolute Gasteiger partial charge is 0.258 e. The van der Waals surface area contributed by atoms with Crippen LogP contribution >= 0.6 is 27.3 Å². The summed E-state index contributed by atoms with van der Waals surface area (Å²) in [5.41, 5.74) is 5.00. The van der Waals surface area contributed by atoms with Gasteiger partial charge in [-0.15, -0.1) is 11.3 Å². The summed E-state index contributed by atoms with van der Waals surface area (Å²) in [6.45, 7) is 7.34. The lowest BCUT2D eigenvalue weighted by Crippen LogP contribution is -2.52. The minimum Gasteiger partial charge on any atom is -0.483 e. The van der Waals surface area contributed by atoms with Crippen molar-refractivity contribution in [3.8, 4) is 17.0 Å². The fourth-order valence-electron chi connectivity index (χ4n) is 5.65. The lowest BCUT2D eigenvalue weighted by molar-refractivity contribution is -0.124. The molecule has 2 heterocycles. The van der Waals surface area contributed by atoms with Gasteiger partial charge in [0.15, 0.2) is 11.7 Å². The number of amides is 1. The minimum absolute atomic E-state index is 0.0273. The van der Waals surface area contributed by atoms with Crippen molar-refractivity contribution in [1.82, 2.24) is 19.6 Å². The van der Waals surface area contributed by atoms with E-state index in [0.717, 1.165) is 32.4 Å². The third-order valence-electron chi connectivity index (χ3n) is 8.07. The van der Waals surface area contributed by atoms with Gasteiger partial charge in [0.25, 0.3) is 5.91 Å². The van der Waals surface area contributed by atoms with Gasteiger partial charge in [0.05, 0.1) is 22.7 Å². The van der Waals surface area contributed by atoms with E-state index in [-0.39, 0.29) is 30.5 Å². The molecule has 268 valence electrons. The standard InChI is InChI=1S/C38H42BrN5O5S2/c1-25(2)21-44(51(47,48)32-12-10-29(11-13-32)34-24-50-38(43-34)41-31-14-16-40-17-15-31)22-35(45)33(20-28-8-6-5-7-9-28)42-36(46)23-49-37-26(3)18-30(39)19-27(37)4/h5-19,24-25,33,35,45H,20-23H2,1-4H3,(H,42,46)(H,40,41,43)/t33-,35+/m0/s1. The van der Waals surface area contributed by atoms with Gasteiger partial charge in [0.1, 0.15) is 5.75 Å². The summed E-state index contributed by atoms with van der Waals surface area (Å²) in [6, 6.07) is 22.8. The quantitative estimate of drug-likeness (QED) is 0.0961. The SMILES string of the molecule is Cc1cc(Br)cc(C)c1OCC(=O)N[C@@H](Cc1ccccc1)[C@H](O)CN(CC(C)C)S(=O)(=O)c1ccc(-c2csc(Nc3ccncc3)n2)cc1. The number of carbonyl (C=O) groups excluding carboxylic acids is 1. The number of rotatable bonds is 16. The summed E-state index contributed by atoms with van der Waals surface area (Å²) in [7, 11) is -4.02. The normalized spacial score (nSPS) is 12.9. The maximum Gasteiger partial charge on any atom is 0.258 e. The first kappa shape index (κ1) is 38.1. The Labute approximate surface area is 312 Å². The largest absolute Gasteiger partial charge is 0.483 e. The monoisotopic (exact) mass is 791 g/mol. The van der Waals surface area contributed by atoms with Crippen molar-refractivity contribution in [2.75, 3.05) is 25.0 Å². The van der Waals surface area contributed by atoms with Crippen LogP contribution in [0.25, 0.3) is 11.3 Å². The van der Waals surface area contributed by atoms with E-state index in [0.29, 0.717) is 23.0 Å². The van der Waals surface area contributed by atoms with Crippen molar-refractivity contribution in [3.05, 3.63) is 118 Å². The van der Waals surface area contributed by atoms with Crippen LogP contribution in [-0.2, 0) is 21.2 Å². The molecule has 0 aliphatic heterocycles. The van der Waals surface area contributed by atoms with Gasteiger partial charge in [-0.25, -0.2) is 13.4 Å². The Bertz CT molecular complexity index is 1990. The average Bonchev–Trinajstić information content (AvgIpc) is 3.56. The van der Waals surface area contributed by atoms with Crippen LogP contribution in [-0.4, -0.2) is 65.5 Å². The first-order valence-corrected chi connectivity index (χ1v) is 19.6. The Morgan fingerprint density at radius 2 is 1.65 bits per heavy atom. The fraction of sp³-hybridized carbons (Fsp3) is 0.289. The number of sulfonamides is 1. The highest BCUT2D eigenvalue weighted by atomic mass is 79.9. The number of benzene rings is 3. The third-order valence-corrected chi connectivity index (χ3v) is 11.1. The predicted molar refractivity (Wildman–Crippen MR) is 206 cm³/mol. The Morgan fingerprint density at radius 1 is 0.980 bits per heavy atom. The van der Waals surface area contributed by atoms with Crippen molar-refractivity contribution in [2.45, 2.75) is 51.2 Å². The molecule has 0 fully saturated rings. The van der Waals surface area contributed by atoms with Crippen LogP contribution < -0.4 is 15.4 Å². The molecule has 51 heavy (non-hydrogen) atoms. The zero-order valence-electron chi connectivity index (χ0n) is 28.9. The Balaban J connectivity index is 1.31. The summed E-state index contributed by atoms with van der Waals surface area (Å²) < 4.78 is 36.3. The van der Waals surface area contributed by atoms with Gasteiger partial charge < -0.3 is 20.5 Å². The van der Waals surface area contributed by atoms with Gasteiger partial charge in [0.2, 0.25) is 10.0 Å². The number of aliphatic hydroxyl groups is 1. The van der Waals surface area contributed by atoms with Crippen LogP contribution in [0.15, 0.2) is 106 Å². The first-order valence-electron chi connectivity index (χ1n) is 16.5. The molecule has 0 saturated carbocycles. The summed E-state index contributed by atoms with van der Waals surface area (Å²) >= 11 is 4.92. The number of halogens is 1. The number of pyridine rings is 1. The van der Waals surface area contributed by atoms with Crippen molar-refractivity contribution < 1.29 is 23.1 Å². The molecule has 0 aliphatic carbocycles. The van der Waals surface area contributed by atoms with Crippen LogP contribution in [0, 0.1) is 19.8 Å². The Kier molecular flexibility index (Phi) is 13.0. The Morgan fingerprint density at radius 3 is 2.29 bits per heavy atom. The maximum absolute atomic E-state index is 14.1. The van der Waals surface area contributed by atoms with E-state index in [1.54, 1.807) is 36.7 Å². The molecule has 5 rings (SSSR count). The number of nitrogens with one attached hydrogen (secondary N) is 2. The van der Waals surface area contributed by atoms with Crippen LogP contribution in [0.3, 0.4) is 0 Å². The molecule has 2 atom stereocenters. The second-order valence-electron chi connectivity index (χ2n) is 12.7. The number of aryl methyl sites for hydroxylation is 2. The molecule has 3 N–H and O–H groups in total. The number of nitrogens with zero attached hydrogens (tertiary/aromatic N) is 3. The van der Waals surface area contributed by atoms with E-state index in [1.807, 2.05) is 87.7 Å². The van der Waals surface area contributed by atoms with Crippen molar-refractivity contribution >= 4 is 54.0 Å². The highest BCUT2D eigenvalue weighted by molar-refractivity contribution is 9.10. The number of carbonyl (C=O) groups is 1. The summed E-state index contributed by atoms with van der Waals surface area (Å²) in [6.07, 6.45) is 2.46. The molecule has 13 heteroatoms. The van der Waals surface area contributed by atoms with Crippen LogP contribution in [0.2, 0.25) is 0 Å². The number of hydrogen-bond donors (Lipinski definition) is 3. The molecule has 0 radical (unpaired) electrons. The van der Waals surface area contributed by atoms with Gasteiger partial charge in [-0.1, -0.05) is 72.2 Å². The lowest BCUT2D eigenvalue weighted by atomic mass is 10.0. The molecule has 3 aromatic carbocycles. The lowest BCUT2D eigenvalue weighted by Gasteiger charge is -2.31. The highest BCUT2D eigenvalue weighted by Gasteiger charge is 2.31. The zero-order chi connectivity index (χ0) is 36.5. The summed E-state index contributed by atoms with van der Waals surface area (Å²) in [5, 5.41) is 20.4. The number of ether oxygens (including phenoxy) is 1. The molecule has 0 spiro atoms. The van der Waals surface area contributed by atoms with Crippen molar-refractivity contribution in [1.29, 1.82) is 0 Å². The van der Waals surface area contributed by atoms with Crippen molar-refractivity contribution in [2.24, 2.45) is 5.92 Å². The van der Waals surface area contributed by atoms with E-state index >= 15 is 0 Å². The first-order chi connectivity index (χ1) is 24.4. The van der Waals surface area contributed by atoms with E-state index in [9.17, 15) is 18.3 Å². The molecule has 10 nitrogen and oxygen atoms in total. The fourth-order valence-corrected chi connectivity index (χ4v) is 8.69. The topological polar surface area (TPSA) is 134 Å². The number of anilines is 2. The number of aliphatic hydroxyl groups excluding tert-OH is 1. The molecule has 2 aromatic heterocycles. The molecule has 1 amide bonds. The van der Waals surface area contributed by atoms with E-state index in [4.69, 9.17) is 4.74 Å². The maximum atomic E-state index is 14.1. The molecular formula is C38H42BrN5O5S2. The molecule has 0 saturated heterocycles. The van der Waals surface area contributed by atoms with Crippen LogP contribution in [0.4, 0.5) is 10.8 Å². The van der Waals surface area contributed by atoms with Crippen LogP contribution in [0.5, 0.6) is 5.75 Å². The van der Waals surface area contributed by atoms with Crippen molar-refractivity contribution in [3.63, 3.8) is 0 Å². The van der Waals surface area contributed by atoms with E-state index in [1.165, 1.54) is 15.6 Å². The van der Waals surface area contributed by atoms with Gasteiger partial charge in [-0.05, 0) is 79.3 Å². The zero-order valence-corrected chi connectivity index (χ0v) is 32.1. The van der Waals surface area contributed by atoms with Gasteiger partial charge in [-0.2, -0.15) is 4.31 Å². The van der Waals surface area contributed by atoms with E-state index in [2.05, 4.69) is 36.5 Å². The third kappa shape index (κ3) is 10.5. The minimum atomic E-state index is -4.02. The molecule has 0 bridgehead atoms. The molecule has 0 aliphatic rings. The van der Waals surface area contributed by atoms with E-state index < -0.39 is 28.1 Å². The highest BCUT2D eigenvalue weighted by Crippen LogP contribution is 2.29. The molecule has 5 aromatic rings. The Hall–Kier alpha value is -4.14. The summed E-state index contributed by atoms with van der Waals surface area (Å²) in [5.74, 6) is 0.165. The van der Waals surface area contributed by atoms with Gasteiger partial charge in [0, 0.05) is 46.6 Å². The number of thiazole rings is 1. The molecule has 0 unspecified atom stereocenters. The predicted octanol–water partition coefficient (Wildman–Crippen LogP) is 7.14. The average molecular weight is 793 g/mol. The van der Waals surface area contributed by atoms with Crippen LogP contribution in [0.1, 0.15) is 30.5 Å². The number of hydrogen-bond acceptors (Lipinski definition) is 9.